The highest BCUT2D eigenvalue weighted by Crippen LogP contribution is 2.41. The number of hydrogen-bond acceptors (Lipinski definition) is 1. The number of nitrogens with one attached hydrogen (secondary N) is 1. The fourth-order valence-electron chi connectivity index (χ4n) is 3.42. The van der Waals surface area contributed by atoms with Gasteiger partial charge in [0.15, 0.2) is 0 Å². The number of halogens is 1. The zero-order valence-electron chi connectivity index (χ0n) is 12.5. The smallest absolute Gasteiger partial charge is 0.0456 e. The van der Waals surface area contributed by atoms with Crippen molar-refractivity contribution in [2.45, 2.75) is 46.1 Å². The van der Waals surface area contributed by atoms with Gasteiger partial charge in [-0.05, 0) is 61.8 Å². The van der Waals surface area contributed by atoms with E-state index >= 15 is 0 Å². The third kappa shape index (κ3) is 3.32. The molecule has 0 radical (unpaired) electrons. The predicted molar refractivity (Wildman–Crippen MR) is 83.7 cm³/mol. The molecule has 0 spiro atoms. The number of aryl methyl sites for hydroxylation is 1. The van der Waals surface area contributed by atoms with E-state index in [0.29, 0.717) is 12.0 Å². The molecule has 0 amide bonds. The lowest BCUT2D eigenvalue weighted by atomic mass is 9.72. The molecule has 1 fully saturated rings. The minimum Gasteiger partial charge on any atom is -0.313 e. The van der Waals surface area contributed by atoms with Gasteiger partial charge < -0.3 is 5.32 Å². The van der Waals surface area contributed by atoms with Crippen molar-refractivity contribution in [3.8, 4) is 0 Å². The molecule has 1 aliphatic carbocycles. The summed E-state index contributed by atoms with van der Waals surface area (Å²) in [5.41, 5.74) is 2.50. The van der Waals surface area contributed by atoms with Crippen LogP contribution in [0.1, 0.15) is 50.3 Å². The minimum absolute atomic E-state index is 0.392. The normalized spacial score (nSPS) is 29.2. The van der Waals surface area contributed by atoms with Crippen LogP contribution in [-0.4, -0.2) is 7.05 Å². The predicted octanol–water partition coefficient (Wildman–Crippen LogP) is 4.98. The summed E-state index contributed by atoms with van der Waals surface area (Å²) >= 11 is 6.45. The van der Waals surface area contributed by atoms with E-state index in [-0.39, 0.29) is 0 Å². The van der Waals surface area contributed by atoms with Crippen molar-refractivity contribution in [2.24, 2.45) is 17.8 Å². The van der Waals surface area contributed by atoms with Gasteiger partial charge >= 0.3 is 0 Å². The van der Waals surface area contributed by atoms with E-state index in [2.05, 4.69) is 51.3 Å². The second kappa shape index (κ2) is 6.28. The average molecular weight is 280 g/mol. The molecule has 0 saturated heterocycles. The Labute approximate surface area is 122 Å². The van der Waals surface area contributed by atoms with Crippen molar-refractivity contribution in [3.05, 3.63) is 34.3 Å². The summed E-state index contributed by atoms with van der Waals surface area (Å²) in [5.74, 6) is 2.39. The van der Waals surface area contributed by atoms with Gasteiger partial charge in [0.2, 0.25) is 0 Å². The first-order chi connectivity index (χ1) is 9.02. The van der Waals surface area contributed by atoms with Crippen molar-refractivity contribution in [1.82, 2.24) is 5.32 Å². The molecule has 1 saturated carbocycles. The molecule has 106 valence electrons. The van der Waals surface area contributed by atoms with Gasteiger partial charge in [0.25, 0.3) is 0 Å². The highest BCUT2D eigenvalue weighted by Gasteiger charge is 2.31. The first kappa shape index (κ1) is 14.9. The number of hydrogen-bond donors (Lipinski definition) is 1. The largest absolute Gasteiger partial charge is 0.313 e. The number of rotatable bonds is 3. The molecule has 0 aromatic heterocycles. The van der Waals surface area contributed by atoms with Crippen LogP contribution >= 0.6 is 11.6 Å². The molecular weight excluding hydrogens is 254 g/mol. The van der Waals surface area contributed by atoms with Gasteiger partial charge in [-0.1, -0.05) is 44.0 Å². The molecule has 4 atom stereocenters. The van der Waals surface area contributed by atoms with Crippen LogP contribution in [0.15, 0.2) is 18.2 Å². The Hall–Kier alpha value is -0.530. The highest BCUT2D eigenvalue weighted by molar-refractivity contribution is 6.31. The lowest BCUT2D eigenvalue weighted by Crippen LogP contribution is -2.31. The summed E-state index contributed by atoms with van der Waals surface area (Å²) in [7, 11) is 2.06. The quantitative estimate of drug-likeness (QED) is 0.823. The van der Waals surface area contributed by atoms with Crippen molar-refractivity contribution in [3.63, 3.8) is 0 Å². The van der Waals surface area contributed by atoms with Crippen LogP contribution in [0.3, 0.4) is 0 Å². The summed E-state index contributed by atoms with van der Waals surface area (Å²) in [4.78, 5) is 0. The fraction of sp³-hybridized carbons (Fsp3) is 0.647. The second-order valence-corrected chi connectivity index (χ2v) is 6.73. The van der Waals surface area contributed by atoms with Gasteiger partial charge in [0, 0.05) is 11.1 Å². The maximum Gasteiger partial charge on any atom is 0.0456 e. The summed E-state index contributed by atoms with van der Waals surface area (Å²) in [6, 6.07) is 6.83. The maximum absolute atomic E-state index is 6.45. The molecule has 1 aromatic carbocycles. The molecule has 0 heterocycles. The van der Waals surface area contributed by atoms with Crippen LogP contribution in [0.2, 0.25) is 5.02 Å². The van der Waals surface area contributed by atoms with Gasteiger partial charge in [0.1, 0.15) is 0 Å². The Balaban J connectivity index is 2.20. The molecule has 1 aromatic rings. The second-order valence-electron chi connectivity index (χ2n) is 6.32. The first-order valence-corrected chi connectivity index (χ1v) is 7.84. The van der Waals surface area contributed by atoms with E-state index in [1.807, 2.05) is 0 Å². The number of benzene rings is 1. The highest BCUT2D eigenvalue weighted by atomic mass is 35.5. The standard InChI is InChI=1S/C17H26ClN/c1-11-5-8-15(16(18)9-11)17(19-4)14-7-6-12(2)13(3)10-14/h5,8-9,12-14,17,19H,6-7,10H2,1-4H3. The Morgan fingerprint density at radius 3 is 2.53 bits per heavy atom. The van der Waals surface area contributed by atoms with Crippen LogP contribution in [0, 0.1) is 24.7 Å². The van der Waals surface area contributed by atoms with Crippen molar-refractivity contribution in [2.75, 3.05) is 7.05 Å². The summed E-state index contributed by atoms with van der Waals surface area (Å²) in [6.07, 6.45) is 3.95. The van der Waals surface area contributed by atoms with Crippen LogP contribution < -0.4 is 5.32 Å². The van der Waals surface area contributed by atoms with E-state index in [1.54, 1.807) is 0 Å². The summed E-state index contributed by atoms with van der Waals surface area (Å²) in [5, 5.41) is 4.41. The molecule has 1 nitrogen and oxygen atoms in total. The van der Waals surface area contributed by atoms with E-state index < -0.39 is 0 Å². The van der Waals surface area contributed by atoms with Crippen LogP contribution in [0.25, 0.3) is 0 Å². The lowest BCUT2D eigenvalue weighted by Gasteiger charge is -2.37. The van der Waals surface area contributed by atoms with Crippen LogP contribution in [-0.2, 0) is 0 Å². The molecule has 4 unspecified atom stereocenters. The SMILES string of the molecule is CNC(c1ccc(C)cc1Cl)C1CCC(C)C(C)C1. The molecule has 0 aliphatic heterocycles. The Bertz CT molecular complexity index is 429. The van der Waals surface area contributed by atoms with Crippen molar-refractivity contribution < 1.29 is 0 Å². The molecule has 0 bridgehead atoms. The fourth-order valence-corrected chi connectivity index (χ4v) is 3.77. The van der Waals surface area contributed by atoms with E-state index in [4.69, 9.17) is 11.6 Å². The lowest BCUT2D eigenvalue weighted by molar-refractivity contribution is 0.175. The van der Waals surface area contributed by atoms with E-state index in [9.17, 15) is 0 Å². The topological polar surface area (TPSA) is 12.0 Å². The molecule has 19 heavy (non-hydrogen) atoms. The minimum atomic E-state index is 0.392. The third-order valence-electron chi connectivity index (χ3n) is 4.91. The molecule has 1 aliphatic rings. The van der Waals surface area contributed by atoms with Crippen LogP contribution in [0.4, 0.5) is 0 Å². The average Bonchev–Trinajstić information content (AvgIpc) is 2.37. The summed E-state index contributed by atoms with van der Waals surface area (Å²) < 4.78 is 0. The monoisotopic (exact) mass is 279 g/mol. The molecule has 1 N–H and O–H groups in total. The van der Waals surface area contributed by atoms with Crippen LogP contribution in [0.5, 0.6) is 0 Å². The van der Waals surface area contributed by atoms with E-state index in [0.717, 1.165) is 16.9 Å². The zero-order valence-corrected chi connectivity index (χ0v) is 13.3. The van der Waals surface area contributed by atoms with Gasteiger partial charge in [-0.25, -0.2) is 0 Å². The van der Waals surface area contributed by atoms with Gasteiger partial charge in [-0.3, -0.25) is 0 Å². The Morgan fingerprint density at radius 2 is 1.95 bits per heavy atom. The molecule has 2 heteroatoms. The van der Waals surface area contributed by atoms with Gasteiger partial charge in [-0.15, -0.1) is 0 Å². The Kier molecular flexibility index (Phi) is 4.92. The summed E-state index contributed by atoms with van der Waals surface area (Å²) in [6.45, 7) is 6.86. The zero-order chi connectivity index (χ0) is 14.0. The Morgan fingerprint density at radius 1 is 1.21 bits per heavy atom. The van der Waals surface area contributed by atoms with Gasteiger partial charge in [-0.2, -0.15) is 0 Å². The molecular formula is C17H26ClN. The van der Waals surface area contributed by atoms with Crippen molar-refractivity contribution in [1.29, 1.82) is 0 Å². The third-order valence-corrected chi connectivity index (χ3v) is 5.24. The first-order valence-electron chi connectivity index (χ1n) is 7.46. The van der Waals surface area contributed by atoms with Crippen molar-refractivity contribution >= 4 is 11.6 Å². The molecule has 2 rings (SSSR count). The maximum atomic E-state index is 6.45. The van der Waals surface area contributed by atoms with E-state index in [1.165, 1.54) is 30.4 Å². The van der Waals surface area contributed by atoms with Gasteiger partial charge in [0.05, 0.1) is 0 Å².